The van der Waals surface area contributed by atoms with E-state index in [0.717, 1.165) is 16.7 Å². The first-order valence-corrected chi connectivity index (χ1v) is 6.35. The van der Waals surface area contributed by atoms with E-state index in [1.807, 2.05) is 18.5 Å². The van der Waals surface area contributed by atoms with Crippen molar-refractivity contribution in [2.45, 2.75) is 20.4 Å². The van der Waals surface area contributed by atoms with Gasteiger partial charge in [-0.15, -0.1) is 0 Å². The summed E-state index contributed by atoms with van der Waals surface area (Å²) < 4.78 is 1.13. The van der Waals surface area contributed by atoms with E-state index in [-0.39, 0.29) is 0 Å². The molecule has 2 rings (SSSR count). The van der Waals surface area contributed by atoms with Crippen molar-refractivity contribution >= 4 is 21.6 Å². The van der Waals surface area contributed by atoms with Crippen molar-refractivity contribution in [1.82, 2.24) is 4.98 Å². The largest absolute Gasteiger partial charge is 0.381 e. The molecule has 0 fully saturated rings. The SMILES string of the molecule is Cc1cncc(CNc2cccc(Br)c2C)c1. The van der Waals surface area contributed by atoms with Crippen LogP contribution in [0, 0.1) is 13.8 Å². The third-order valence-electron chi connectivity index (χ3n) is 2.68. The van der Waals surface area contributed by atoms with Gasteiger partial charge in [-0.05, 0) is 42.7 Å². The highest BCUT2D eigenvalue weighted by Gasteiger charge is 2.01. The molecule has 0 saturated heterocycles. The second-order valence-electron chi connectivity index (χ2n) is 4.14. The van der Waals surface area contributed by atoms with Crippen molar-refractivity contribution in [2.75, 3.05) is 5.32 Å². The molecule has 0 aliphatic rings. The molecule has 0 amide bonds. The average molecular weight is 291 g/mol. The van der Waals surface area contributed by atoms with Crippen LogP contribution in [0.5, 0.6) is 0 Å². The quantitative estimate of drug-likeness (QED) is 0.922. The van der Waals surface area contributed by atoms with E-state index in [2.05, 4.69) is 58.3 Å². The lowest BCUT2D eigenvalue weighted by Gasteiger charge is -2.10. The molecule has 0 unspecified atom stereocenters. The zero-order valence-corrected chi connectivity index (χ0v) is 11.6. The minimum atomic E-state index is 0.798. The molecule has 0 atom stereocenters. The van der Waals surface area contributed by atoms with Crippen LogP contribution in [0.3, 0.4) is 0 Å². The van der Waals surface area contributed by atoms with Crippen LogP contribution in [0.4, 0.5) is 5.69 Å². The van der Waals surface area contributed by atoms with Crippen LogP contribution in [0.25, 0.3) is 0 Å². The Morgan fingerprint density at radius 2 is 2.06 bits per heavy atom. The molecular formula is C14H15BrN2. The van der Waals surface area contributed by atoms with E-state index < -0.39 is 0 Å². The van der Waals surface area contributed by atoms with Gasteiger partial charge in [-0.3, -0.25) is 4.98 Å². The van der Waals surface area contributed by atoms with Gasteiger partial charge in [0.05, 0.1) is 0 Å². The molecule has 0 bridgehead atoms. The summed E-state index contributed by atoms with van der Waals surface area (Å²) in [6.45, 7) is 4.95. The predicted octanol–water partition coefficient (Wildman–Crippen LogP) is 4.07. The summed E-state index contributed by atoms with van der Waals surface area (Å²) in [5.74, 6) is 0. The van der Waals surface area contributed by atoms with Crippen LogP contribution in [0.1, 0.15) is 16.7 Å². The first-order chi connectivity index (χ1) is 8.16. The van der Waals surface area contributed by atoms with Gasteiger partial charge >= 0.3 is 0 Å². The van der Waals surface area contributed by atoms with Crippen LogP contribution in [0.15, 0.2) is 41.1 Å². The number of anilines is 1. The number of hydrogen-bond acceptors (Lipinski definition) is 2. The zero-order chi connectivity index (χ0) is 12.3. The molecule has 1 aromatic heterocycles. The van der Waals surface area contributed by atoms with E-state index in [0.29, 0.717) is 0 Å². The maximum atomic E-state index is 4.19. The Morgan fingerprint density at radius 3 is 2.82 bits per heavy atom. The van der Waals surface area contributed by atoms with Gasteiger partial charge in [-0.25, -0.2) is 0 Å². The Bertz CT molecular complexity index is 523. The average Bonchev–Trinajstić information content (AvgIpc) is 2.31. The summed E-state index contributed by atoms with van der Waals surface area (Å²) in [5, 5.41) is 3.43. The van der Waals surface area contributed by atoms with E-state index in [1.54, 1.807) is 0 Å². The minimum Gasteiger partial charge on any atom is -0.381 e. The Balaban J connectivity index is 2.10. The Labute approximate surface area is 110 Å². The molecule has 2 nitrogen and oxygen atoms in total. The number of aryl methyl sites for hydroxylation is 1. The fourth-order valence-electron chi connectivity index (χ4n) is 1.71. The molecule has 0 radical (unpaired) electrons. The summed E-state index contributed by atoms with van der Waals surface area (Å²) in [4.78, 5) is 4.19. The number of halogens is 1. The summed E-state index contributed by atoms with van der Waals surface area (Å²) in [7, 11) is 0. The van der Waals surface area contributed by atoms with Gasteiger partial charge in [-0.1, -0.05) is 28.1 Å². The molecular weight excluding hydrogens is 276 g/mol. The van der Waals surface area contributed by atoms with E-state index in [4.69, 9.17) is 0 Å². The molecule has 0 aliphatic heterocycles. The van der Waals surface area contributed by atoms with Crippen molar-refractivity contribution in [3.05, 3.63) is 57.8 Å². The molecule has 3 heteroatoms. The van der Waals surface area contributed by atoms with E-state index >= 15 is 0 Å². The van der Waals surface area contributed by atoms with Crippen molar-refractivity contribution in [1.29, 1.82) is 0 Å². The van der Waals surface area contributed by atoms with Crippen molar-refractivity contribution in [3.8, 4) is 0 Å². The van der Waals surface area contributed by atoms with Gasteiger partial charge in [0.2, 0.25) is 0 Å². The van der Waals surface area contributed by atoms with Gasteiger partial charge < -0.3 is 5.32 Å². The van der Waals surface area contributed by atoms with Crippen LogP contribution in [-0.2, 0) is 6.54 Å². The van der Waals surface area contributed by atoms with Crippen LogP contribution >= 0.6 is 15.9 Å². The first-order valence-electron chi connectivity index (χ1n) is 5.56. The van der Waals surface area contributed by atoms with Crippen molar-refractivity contribution < 1.29 is 0 Å². The number of nitrogens with zero attached hydrogens (tertiary/aromatic N) is 1. The Hall–Kier alpha value is -1.35. The Morgan fingerprint density at radius 1 is 1.24 bits per heavy atom. The van der Waals surface area contributed by atoms with Gasteiger partial charge in [-0.2, -0.15) is 0 Å². The highest BCUT2D eigenvalue weighted by atomic mass is 79.9. The minimum absolute atomic E-state index is 0.798. The van der Waals surface area contributed by atoms with Crippen LogP contribution in [-0.4, -0.2) is 4.98 Å². The fraction of sp³-hybridized carbons (Fsp3) is 0.214. The summed E-state index contributed by atoms with van der Waals surface area (Å²) >= 11 is 3.53. The van der Waals surface area contributed by atoms with Crippen molar-refractivity contribution in [3.63, 3.8) is 0 Å². The number of rotatable bonds is 3. The third kappa shape index (κ3) is 3.07. The van der Waals surface area contributed by atoms with Gasteiger partial charge in [0.1, 0.15) is 0 Å². The van der Waals surface area contributed by atoms with Crippen LogP contribution < -0.4 is 5.32 Å². The number of benzene rings is 1. The smallest absolute Gasteiger partial charge is 0.0416 e. The standard InChI is InChI=1S/C14H15BrN2/c1-10-6-12(8-16-7-10)9-17-14-5-3-4-13(15)11(14)2/h3-8,17H,9H2,1-2H3. The summed E-state index contributed by atoms with van der Waals surface area (Å²) in [6, 6.07) is 8.32. The Kier molecular flexibility index (Phi) is 3.79. The first kappa shape index (κ1) is 12.1. The summed E-state index contributed by atoms with van der Waals surface area (Å²) in [5.41, 5.74) is 4.77. The lowest BCUT2D eigenvalue weighted by Crippen LogP contribution is -2.01. The van der Waals surface area contributed by atoms with E-state index in [9.17, 15) is 0 Å². The molecule has 2 aromatic rings. The molecule has 88 valence electrons. The maximum absolute atomic E-state index is 4.19. The second-order valence-corrected chi connectivity index (χ2v) is 4.99. The number of nitrogens with one attached hydrogen (secondary N) is 1. The monoisotopic (exact) mass is 290 g/mol. The topological polar surface area (TPSA) is 24.9 Å². The predicted molar refractivity (Wildman–Crippen MR) is 75.2 cm³/mol. The number of hydrogen-bond donors (Lipinski definition) is 1. The second kappa shape index (κ2) is 5.32. The van der Waals surface area contributed by atoms with Gasteiger partial charge in [0.15, 0.2) is 0 Å². The van der Waals surface area contributed by atoms with Crippen LogP contribution in [0.2, 0.25) is 0 Å². The molecule has 1 N–H and O–H groups in total. The number of pyridine rings is 1. The number of aromatic nitrogens is 1. The molecule has 1 aromatic carbocycles. The highest BCUT2D eigenvalue weighted by molar-refractivity contribution is 9.10. The normalized spacial score (nSPS) is 10.3. The highest BCUT2D eigenvalue weighted by Crippen LogP contribution is 2.23. The molecule has 0 saturated carbocycles. The zero-order valence-electron chi connectivity index (χ0n) is 10.00. The van der Waals surface area contributed by atoms with Gasteiger partial charge in [0.25, 0.3) is 0 Å². The molecule has 17 heavy (non-hydrogen) atoms. The summed E-state index contributed by atoms with van der Waals surface area (Å²) in [6.07, 6.45) is 3.77. The molecule has 0 spiro atoms. The van der Waals surface area contributed by atoms with E-state index in [1.165, 1.54) is 16.7 Å². The van der Waals surface area contributed by atoms with Crippen molar-refractivity contribution in [2.24, 2.45) is 0 Å². The third-order valence-corrected chi connectivity index (χ3v) is 3.54. The van der Waals surface area contributed by atoms with Gasteiger partial charge in [0, 0.05) is 29.1 Å². The fourth-order valence-corrected chi connectivity index (χ4v) is 2.08. The lowest BCUT2D eigenvalue weighted by atomic mass is 10.2. The lowest BCUT2D eigenvalue weighted by molar-refractivity contribution is 1.09. The molecule has 0 aliphatic carbocycles. The maximum Gasteiger partial charge on any atom is 0.0416 e. The molecule has 1 heterocycles.